The van der Waals surface area contributed by atoms with Gasteiger partial charge in [0.05, 0.1) is 26.9 Å². The average Bonchev–Trinajstić information content (AvgIpc) is 3.09. The Labute approximate surface area is 173 Å². The Balaban J connectivity index is 1.95. The highest BCUT2D eigenvalue weighted by Crippen LogP contribution is 2.40. The van der Waals surface area contributed by atoms with E-state index in [-0.39, 0.29) is 0 Å². The number of thiophene rings is 1. The average molecular weight is 420 g/mol. The number of nitrogens with one attached hydrogen (secondary N) is 1. The number of rotatable bonds is 7. The standard InChI is InChI=1S/C20H25N3O5S/c1-5-23-7-6-12-15(10-23)29-20(16(12)18(21)24)22-19(25)11-8-13(26-2)17(28-4)14(9-11)27-3/h8-9H,5-7,10H2,1-4H3,(H2,21,24)(H,22,25). The van der Waals surface area contributed by atoms with Gasteiger partial charge in [-0.1, -0.05) is 6.92 Å². The Kier molecular flexibility index (Phi) is 6.29. The van der Waals surface area contributed by atoms with Crippen LogP contribution in [0.2, 0.25) is 0 Å². The van der Waals surface area contributed by atoms with Crippen molar-refractivity contribution < 1.29 is 23.8 Å². The van der Waals surface area contributed by atoms with Gasteiger partial charge in [-0.15, -0.1) is 11.3 Å². The molecule has 29 heavy (non-hydrogen) atoms. The Bertz CT molecular complexity index is 915. The first-order chi connectivity index (χ1) is 13.9. The number of hydrogen-bond donors (Lipinski definition) is 2. The number of fused-ring (bicyclic) bond motifs is 1. The van der Waals surface area contributed by atoms with Gasteiger partial charge in [0.15, 0.2) is 11.5 Å². The highest BCUT2D eigenvalue weighted by Gasteiger charge is 2.28. The quantitative estimate of drug-likeness (QED) is 0.715. The molecule has 2 amide bonds. The Hall–Kier alpha value is -2.78. The molecule has 3 rings (SSSR count). The predicted molar refractivity (Wildman–Crippen MR) is 112 cm³/mol. The number of benzene rings is 1. The summed E-state index contributed by atoms with van der Waals surface area (Å²) in [5.74, 6) is 0.216. The summed E-state index contributed by atoms with van der Waals surface area (Å²) in [7, 11) is 4.46. The van der Waals surface area contributed by atoms with Crippen molar-refractivity contribution in [1.29, 1.82) is 0 Å². The van der Waals surface area contributed by atoms with Crippen LogP contribution in [0.1, 0.15) is 38.1 Å². The molecule has 2 aromatic rings. The van der Waals surface area contributed by atoms with Gasteiger partial charge >= 0.3 is 0 Å². The number of ether oxygens (including phenoxy) is 3. The second-order valence-corrected chi connectivity index (χ2v) is 7.66. The lowest BCUT2D eigenvalue weighted by Gasteiger charge is -2.25. The molecule has 0 spiro atoms. The fourth-order valence-electron chi connectivity index (χ4n) is 3.46. The number of hydrogen-bond acceptors (Lipinski definition) is 7. The molecule has 1 aliphatic heterocycles. The third kappa shape index (κ3) is 4.01. The summed E-state index contributed by atoms with van der Waals surface area (Å²) < 4.78 is 15.9. The number of nitrogens with two attached hydrogens (primary N) is 1. The molecule has 1 aliphatic rings. The van der Waals surface area contributed by atoms with Crippen LogP contribution in [0.25, 0.3) is 0 Å². The number of methoxy groups -OCH3 is 3. The van der Waals surface area contributed by atoms with Crippen LogP contribution in [-0.4, -0.2) is 51.1 Å². The molecule has 156 valence electrons. The van der Waals surface area contributed by atoms with Crippen molar-refractivity contribution in [1.82, 2.24) is 4.90 Å². The fraction of sp³-hybridized carbons (Fsp3) is 0.400. The van der Waals surface area contributed by atoms with Gasteiger partial charge in [-0.25, -0.2) is 0 Å². The van der Waals surface area contributed by atoms with E-state index in [1.807, 2.05) is 0 Å². The molecule has 1 aromatic carbocycles. The SMILES string of the molecule is CCN1CCc2c(sc(NC(=O)c3cc(OC)c(OC)c(OC)c3)c2C(N)=O)C1. The van der Waals surface area contributed by atoms with E-state index in [9.17, 15) is 9.59 Å². The molecule has 9 heteroatoms. The van der Waals surface area contributed by atoms with Gasteiger partial charge in [0.25, 0.3) is 11.8 Å². The van der Waals surface area contributed by atoms with E-state index in [1.165, 1.54) is 32.7 Å². The van der Waals surface area contributed by atoms with E-state index in [0.717, 1.165) is 36.5 Å². The highest BCUT2D eigenvalue weighted by atomic mass is 32.1. The monoisotopic (exact) mass is 419 g/mol. The van der Waals surface area contributed by atoms with Crippen LogP contribution in [0.15, 0.2) is 12.1 Å². The summed E-state index contributed by atoms with van der Waals surface area (Å²) in [6.45, 7) is 4.63. The summed E-state index contributed by atoms with van der Waals surface area (Å²) in [4.78, 5) is 28.4. The van der Waals surface area contributed by atoms with Gasteiger partial charge in [0.2, 0.25) is 5.75 Å². The second kappa shape index (κ2) is 8.71. The second-order valence-electron chi connectivity index (χ2n) is 6.56. The van der Waals surface area contributed by atoms with E-state index >= 15 is 0 Å². The summed E-state index contributed by atoms with van der Waals surface area (Å²) in [5.41, 5.74) is 7.30. The lowest BCUT2D eigenvalue weighted by atomic mass is 10.0. The van der Waals surface area contributed by atoms with E-state index in [2.05, 4.69) is 17.1 Å². The van der Waals surface area contributed by atoms with Crippen molar-refractivity contribution in [3.63, 3.8) is 0 Å². The minimum absolute atomic E-state index is 0.316. The van der Waals surface area contributed by atoms with Gasteiger partial charge in [-0.3, -0.25) is 14.5 Å². The van der Waals surface area contributed by atoms with Crippen LogP contribution >= 0.6 is 11.3 Å². The number of carbonyl (C=O) groups excluding carboxylic acids is 2. The van der Waals surface area contributed by atoms with Crippen molar-refractivity contribution in [3.8, 4) is 17.2 Å². The fourth-order valence-corrected chi connectivity index (χ4v) is 4.75. The molecule has 2 heterocycles. The van der Waals surface area contributed by atoms with Crippen molar-refractivity contribution >= 4 is 28.2 Å². The molecule has 0 saturated carbocycles. The summed E-state index contributed by atoms with van der Waals surface area (Å²) in [6.07, 6.45) is 0.734. The molecule has 0 saturated heterocycles. The lowest BCUT2D eigenvalue weighted by molar-refractivity contribution is 0.1000. The summed E-state index contributed by atoms with van der Waals surface area (Å²) >= 11 is 1.40. The highest BCUT2D eigenvalue weighted by molar-refractivity contribution is 7.17. The van der Waals surface area contributed by atoms with Crippen molar-refractivity contribution in [2.45, 2.75) is 19.9 Å². The molecule has 8 nitrogen and oxygen atoms in total. The Morgan fingerprint density at radius 3 is 2.34 bits per heavy atom. The maximum absolute atomic E-state index is 12.9. The number of likely N-dealkylation sites (N-methyl/N-ethyl adjacent to an activating group) is 1. The molecule has 0 radical (unpaired) electrons. The first kappa shape index (κ1) is 20.9. The van der Waals surface area contributed by atoms with Crippen LogP contribution in [0.4, 0.5) is 5.00 Å². The largest absolute Gasteiger partial charge is 0.493 e. The molecule has 0 unspecified atom stereocenters. The zero-order valence-corrected chi connectivity index (χ0v) is 17.8. The van der Waals surface area contributed by atoms with Crippen LogP contribution in [0, 0.1) is 0 Å². The van der Waals surface area contributed by atoms with Crippen molar-refractivity contribution in [2.24, 2.45) is 5.73 Å². The maximum Gasteiger partial charge on any atom is 0.256 e. The smallest absolute Gasteiger partial charge is 0.256 e. The third-order valence-electron chi connectivity index (χ3n) is 4.98. The van der Waals surface area contributed by atoms with E-state index < -0.39 is 11.8 Å². The molecule has 0 bridgehead atoms. The van der Waals surface area contributed by atoms with E-state index in [4.69, 9.17) is 19.9 Å². The van der Waals surface area contributed by atoms with E-state index in [0.29, 0.717) is 33.4 Å². The number of carbonyl (C=O) groups is 2. The Morgan fingerprint density at radius 1 is 1.17 bits per heavy atom. The first-order valence-electron chi connectivity index (χ1n) is 9.21. The van der Waals surface area contributed by atoms with Crippen LogP contribution in [0.5, 0.6) is 17.2 Å². The normalized spacial score (nSPS) is 13.5. The number of nitrogens with zero attached hydrogens (tertiary/aromatic N) is 1. The number of primary amides is 1. The minimum atomic E-state index is -0.535. The molecule has 0 atom stereocenters. The third-order valence-corrected chi connectivity index (χ3v) is 6.12. The van der Waals surface area contributed by atoms with Gasteiger partial charge in [-0.05, 0) is 30.7 Å². The van der Waals surface area contributed by atoms with Gasteiger partial charge in [-0.2, -0.15) is 0 Å². The maximum atomic E-state index is 12.9. The van der Waals surface area contributed by atoms with Gasteiger partial charge in [0, 0.05) is 23.5 Å². The molecule has 0 aliphatic carbocycles. The van der Waals surface area contributed by atoms with Crippen LogP contribution in [0.3, 0.4) is 0 Å². The molecule has 0 fully saturated rings. The summed E-state index contributed by atoms with van der Waals surface area (Å²) in [5, 5.41) is 3.32. The molecule has 1 aromatic heterocycles. The zero-order chi connectivity index (χ0) is 21.1. The van der Waals surface area contributed by atoms with Crippen LogP contribution in [-0.2, 0) is 13.0 Å². The van der Waals surface area contributed by atoms with Gasteiger partial charge in [0.1, 0.15) is 5.00 Å². The Morgan fingerprint density at radius 2 is 1.83 bits per heavy atom. The zero-order valence-electron chi connectivity index (χ0n) is 17.0. The molecule has 3 N–H and O–H groups in total. The topological polar surface area (TPSA) is 103 Å². The van der Waals surface area contributed by atoms with Crippen molar-refractivity contribution in [2.75, 3.05) is 39.7 Å². The molecular weight excluding hydrogens is 394 g/mol. The van der Waals surface area contributed by atoms with E-state index in [1.54, 1.807) is 12.1 Å². The lowest BCUT2D eigenvalue weighted by Crippen LogP contribution is -2.30. The number of anilines is 1. The number of amides is 2. The minimum Gasteiger partial charge on any atom is -0.493 e. The first-order valence-corrected chi connectivity index (χ1v) is 10.0. The predicted octanol–water partition coefficient (Wildman–Crippen LogP) is 2.50. The summed E-state index contributed by atoms with van der Waals surface area (Å²) in [6, 6.07) is 3.12. The van der Waals surface area contributed by atoms with Gasteiger partial charge < -0.3 is 25.3 Å². The molecular formula is C20H25N3O5S. The van der Waals surface area contributed by atoms with Crippen molar-refractivity contribution in [3.05, 3.63) is 33.7 Å². The van der Waals surface area contributed by atoms with Crippen LogP contribution < -0.4 is 25.3 Å².